The molecule has 0 fully saturated rings. The van der Waals surface area contributed by atoms with Gasteiger partial charge in [0.05, 0.1) is 6.20 Å². The minimum atomic E-state index is -0.309. The van der Waals surface area contributed by atoms with E-state index in [1.54, 1.807) is 24.3 Å². The molecule has 196 valence electrons. The lowest BCUT2D eigenvalue weighted by molar-refractivity contribution is -0.122. The Bertz CT molecular complexity index is 1410. The number of carbonyl (C=O) groups is 1. The molecule has 4 rings (SSSR count). The third-order valence-corrected chi connectivity index (χ3v) is 6.61. The number of nitrogens with zero attached hydrogens (tertiary/aromatic N) is 2. The first-order chi connectivity index (χ1) is 18.0. The number of hydrogen-bond donors (Lipinski definition) is 4. The molecule has 1 aromatic heterocycles. The highest BCUT2D eigenvalue weighted by atomic mass is 35.5. The van der Waals surface area contributed by atoms with Gasteiger partial charge in [0.1, 0.15) is 18.1 Å². The van der Waals surface area contributed by atoms with Gasteiger partial charge >= 0.3 is 0 Å². The molecule has 0 bridgehead atoms. The Balaban J connectivity index is 0.00000400. The van der Waals surface area contributed by atoms with Crippen LogP contribution in [0.5, 0.6) is 0 Å². The van der Waals surface area contributed by atoms with Crippen LogP contribution in [0.25, 0.3) is 0 Å². The van der Waals surface area contributed by atoms with Crippen molar-refractivity contribution >= 4 is 41.6 Å². The average Bonchev–Trinajstić information content (AvgIpc) is 2.92. The fourth-order valence-corrected chi connectivity index (χ4v) is 4.47. The molecule has 0 aliphatic carbocycles. The van der Waals surface area contributed by atoms with Crippen molar-refractivity contribution in [1.82, 2.24) is 14.9 Å². The second kappa shape index (κ2) is 14.0. The highest BCUT2D eigenvalue weighted by Crippen LogP contribution is 2.25. The summed E-state index contributed by atoms with van der Waals surface area (Å²) in [6, 6.07) is 26.7. The van der Waals surface area contributed by atoms with Gasteiger partial charge < -0.3 is 16.4 Å². The molecule has 1 amide bonds. The topological polar surface area (TPSA) is 126 Å². The van der Waals surface area contributed by atoms with Gasteiger partial charge in [0.2, 0.25) is 5.91 Å². The maximum atomic E-state index is 13.4. The number of halogens is 1. The number of rotatable bonds is 11. The fraction of sp³-hybridized carbons (Fsp3) is 0.143. The first-order valence-corrected chi connectivity index (χ1v) is 12.6. The summed E-state index contributed by atoms with van der Waals surface area (Å²) in [6.07, 6.45) is 2.29. The van der Waals surface area contributed by atoms with E-state index in [0.717, 1.165) is 22.4 Å². The Morgan fingerprint density at radius 1 is 0.947 bits per heavy atom. The van der Waals surface area contributed by atoms with Gasteiger partial charge in [0.25, 0.3) is 5.56 Å². The SMILES string of the molecule is Cl.N=C(N)c1ccc(CNC(=O)Cn2c(Sc3ccccc3)ncc(NCCc3ccccc3)c2=O)cc1. The lowest BCUT2D eigenvalue weighted by Crippen LogP contribution is -2.34. The number of aromatic nitrogens is 2. The number of nitrogens with one attached hydrogen (secondary N) is 3. The molecule has 38 heavy (non-hydrogen) atoms. The minimum Gasteiger partial charge on any atom is -0.384 e. The van der Waals surface area contributed by atoms with Crippen LogP contribution >= 0.6 is 24.2 Å². The molecule has 1 heterocycles. The molecule has 4 aromatic rings. The number of benzene rings is 3. The molecule has 0 atom stereocenters. The van der Waals surface area contributed by atoms with E-state index in [1.807, 2.05) is 60.7 Å². The first kappa shape index (κ1) is 28.5. The molecule has 0 radical (unpaired) electrons. The van der Waals surface area contributed by atoms with Crippen molar-refractivity contribution in [3.63, 3.8) is 0 Å². The molecule has 8 nitrogen and oxygen atoms in total. The smallest absolute Gasteiger partial charge is 0.278 e. The first-order valence-electron chi connectivity index (χ1n) is 11.8. The van der Waals surface area contributed by atoms with E-state index < -0.39 is 0 Å². The number of carbonyl (C=O) groups excluding carboxylic acids is 1. The predicted molar refractivity (Wildman–Crippen MR) is 154 cm³/mol. The summed E-state index contributed by atoms with van der Waals surface area (Å²) < 4.78 is 1.40. The summed E-state index contributed by atoms with van der Waals surface area (Å²) in [7, 11) is 0. The van der Waals surface area contributed by atoms with Gasteiger partial charge in [-0.25, -0.2) is 4.98 Å². The van der Waals surface area contributed by atoms with Crippen LogP contribution < -0.4 is 21.9 Å². The van der Waals surface area contributed by atoms with Crippen LogP contribution in [-0.2, 0) is 24.3 Å². The number of hydrogen-bond acceptors (Lipinski definition) is 6. The van der Waals surface area contributed by atoms with E-state index in [4.69, 9.17) is 11.1 Å². The molecular weight excluding hydrogens is 520 g/mol. The molecular formula is C28H29ClN6O2S. The minimum absolute atomic E-state index is 0. The molecule has 10 heteroatoms. The molecule has 0 spiro atoms. The zero-order chi connectivity index (χ0) is 26.0. The molecule has 0 aliphatic rings. The highest BCUT2D eigenvalue weighted by molar-refractivity contribution is 7.99. The average molecular weight is 549 g/mol. The Labute approximate surface area is 231 Å². The number of amides is 1. The van der Waals surface area contributed by atoms with Gasteiger partial charge in [-0.2, -0.15) is 0 Å². The normalized spacial score (nSPS) is 10.3. The molecule has 0 saturated carbocycles. The second-order valence-electron chi connectivity index (χ2n) is 8.31. The Hall–Kier alpha value is -4.08. The van der Waals surface area contributed by atoms with E-state index in [1.165, 1.54) is 22.5 Å². The zero-order valence-corrected chi connectivity index (χ0v) is 22.2. The lowest BCUT2D eigenvalue weighted by Gasteiger charge is -2.14. The summed E-state index contributed by atoms with van der Waals surface area (Å²) in [5.74, 6) is -0.320. The van der Waals surface area contributed by atoms with Gasteiger partial charge in [-0.3, -0.25) is 19.6 Å². The summed E-state index contributed by atoms with van der Waals surface area (Å²) >= 11 is 1.33. The van der Waals surface area contributed by atoms with Crippen LogP contribution in [0.1, 0.15) is 16.7 Å². The standard InChI is InChI=1S/C28H28N6O2S.ClH/c29-26(30)22-13-11-21(12-14-22)17-32-25(35)19-34-27(36)24(31-16-15-20-7-3-1-4-8-20)18-33-28(34)37-23-9-5-2-6-10-23;/h1-14,18,31H,15-17,19H2,(H3,29,30)(H,32,35);1H. The fourth-order valence-electron chi connectivity index (χ4n) is 3.60. The van der Waals surface area contributed by atoms with Crippen molar-refractivity contribution in [3.8, 4) is 0 Å². The van der Waals surface area contributed by atoms with Crippen LogP contribution in [0.15, 0.2) is 106 Å². The zero-order valence-electron chi connectivity index (χ0n) is 20.6. The summed E-state index contributed by atoms with van der Waals surface area (Å²) in [6.45, 7) is 0.685. The number of nitrogen functional groups attached to an aromatic ring is 1. The van der Waals surface area contributed by atoms with Crippen LogP contribution in [0.3, 0.4) is 0 Å². The summed E-state index contributed by atoms with van der Waals surface area (Å²) in [5.41, 5.74) is 8.18. The Morgan fingerprint density at radius 3 is 2.26 bits per heavy atom. The second-order valence-corrected chi connectivity index (χ2v) is 9.35. The number of nitrogens with two attached hydrogens (primary N) is 1. The Kier molecular flexibility index (Phi) is 10.5. The lowest BCUT2D eigenvalue weighted by atomic mass is 10.1. The van der Waals surface area contributed by atoms with Crippen molar-refractivity contribution in [3.05, 3.63) is 118 Å². The van der Waals surface area contributed by atoms with Crippen molar-refractivity contribution in [2.24, 2.45) is 5.73 Å². The van der Waals surface area contributed by atoms with Crippen LogP contribution in [-0.4, -0.2) is 27.8 Å². The highest BCUT2D eigenvalue weighted by Gasteiger charge is 2.15. The van der Waals surface area contributed by atoms with Gasteiger partial charge in [-0.05, 0) is 29.7 Å². The maximum Gasteiger partial charge on any atom is 0.278 e. The van der Waals surface area contributed by atoms with Gasteiger partial charge in [0, 0.05) is 23.5 Å². The number of anilines is 1. The molecule has 5 N–H and O–H groups in total. The van der Waals surface area contributed by atoms with Gasteiger partial charge in [-0.1, -0.05) is 84.6 Å². The third-order valence-electron chi connectivity index (χ3n) is 5.59. The van der Waals surface area contributed by atoms with E-state index in [2.05, 4.69) is 15.6 Å². The molecule has 3 aromatic carbocycles. The predicted octanol–water partition coefficient (Wildman–Crippen LogP) is 4.07. The monoisotopic (exact) mass is 548 g/mol. The van der Waals surface area contributed by atoms with Crippen molar-refractivity contribution in [2.45, 2.75) is 29.6 Å². The van der Waals surface area contributed by atoms with E-state index >= 15 is 0 Å². The maximum absolute atomic E-state index is 13.4. The van der Waals surface area contributed by atoms with Crippen LogP contribution in [0, 0.1) is 5.41 Å². The summed E-state index contributed by atoms with van der Waals surface area (Å²) in [4.78, 5) is 31.6. The third kappa shape index (κ3) is 7.96. The Morgan fingerprint density at radius 2 is 1.61 bits per heavy atom. The number of amidine groups is 1. The van der Waals surface area contributed by atoms with Crippen LogP contribution in [0.2, 0.25) is 0 Å². The van der Waals surface area contributed by atoms with E-state index in [0.29, 0.717) is 23.0 Å². The van der Waals surface area contributed by atoms with Crippen molar-refractivity contribution in [1.29, 1.82) is 5.41 Å². The van der Waals surface area contributed by atoms with Crippen molar-refractivity contribution < 1.29 is 4.79 Å². The largest absolute Gasteiger partial charge is 0.384 e. The molecule has 0 saturated heterocycles. The molecule has 0 aliphatic heterocycles. The summed E-state index contributed by atoms with van der Waals surface area (Å²) in [5, 5.41) is 14.0. The molecule has 0 unspecified atom stereocenters. The van der Waals surface area contributed by atoms with Crippen LogP contribution in [0.4, 0.5) is 5.69 Å². The van der Waals surface area contributed by atoms with Gasteiger partial charge in [-0.15, -0.1) is 12.4 Å². The quantitative estimate of drug-likeness (QED) is 0.127. The van der Waals surface area contributed by atoms with E-state index in [-0.39, 0.29) is 42.8 Å². The van der Waals surface area contributed by atoms with E-state index in [9.17, 15) is 9.59 Å². The van der Waals surface area contributed by atoms with Crippen molar-refractivity contribution in [2.75, 3.05) is 11.9 Å². The van der Waals surface area contributed by atoms with Gasteiger partial charge in [0.15, 0.2) is 5.16 Å².